The van der Waals surface area contributed by atoms with Crippen LogP contribution >= 0.6 is 11.6 Å². The molecule has 3 aromatic carbocycles. The highest BCUT2D eigenvalue weighted by atomic mass is 35.5. The summed E-state index contributed by atoms with van der Waals surface area (Å²) in [5.74, 6) is 0.195. The lowest BCUT2D eigenvalue weighted by Gasteiger charge is -2.44. The van der Waals surface area contributed by atoms with E-state index in [1.54, 1.807) is 17.9 Å². The van der Waals surface area contributed by atoms with Gasteiger partial charge in [-0.25, -0.2) is 4.79 Å². The van der Waals surface area contributed by atoms with Gasteiger partial charge in [-0.15, -0.1) is 0 Å². The molecule has 1 heterocycles. The van der Waals surface area contributed by atoms with Crippen molar-refractivity contribution in [2.24, 2.45) is 5.92 Å². The van der Waals surface area contributed by atoms with Crippen molar-refractivity contribution in [3.8, 4) is 11.5 Å². The molecule has 1 amide bonds. The number of ether oxygens (including phenoxy) is 4. The van der Waals surface area contributed by atoms with Crippen LogP contribution in [0, 0.1) is 5.92 Å². The largest absolute Gasteiger partial charge is 0.490 e. The smallest absolute Gasteiger partial charge is 0.410 e. The first-order chi connectivity index (χ1) is 22.4. The molecule has 1 saturated heterocycles. The van der Waals surface area contributed by atoms with Crippen LogP contribution in [-0.2, 0) is 25.3 Å². The van der Waals surface area contributed by atoms with Gasteiger partial charge in [0.15, 0.2) is 8.32 Å². The maximum atomic E-state index is 13.6. The number of nitrogens with zero attached hydrogens (tertiary/aromatic N) is 1. The summed E-state index contributed by atoms with van der Waals surface area (Å²) in [7, 11) is -2.13. The van der Waals surface area contributed by atoms with Crippen LogP contribution in [0.5, 0.6) is 11.5 Å². The molecule has 47 heavy (non-hydrogen) atoms. The Morgan fingerprint density at radius 1 is 0.894 bits per heavy atom. The fourth-order valence-corrected chi connectivity index (χ4v) is 6.55. The van der Waals surface area contributed by atoms with Gasteiger partial charge in [-0.1, -0.05) is 87.0 Å². The van der Waals surface area contributed by atoms with Crippen molar-refractivity contribution in [1.82, 2.24) is 4.90 Å². The zero-order chi connectivity index (χ0) is 34.0. The molecule has 3 aromatic rings. The van der Waals surface area contributed by atoms with E-state index in [4.69, 9.17) is 35.0 Å². The van der Waals surface area contributed by atoms with Crippen molar-refractivity contribution in [2.45, 2.75) is 70.8 Å². The van der Waals surface area contributed by atoms with Gasteiger partial charge in [0, 0.05) is 12.5 Å². The van der Waals surface area contributed by atoms with Crippen molar-refractivity contribution in [1.29, 1.82) is 0 Å². The SMILES string of the molecule is CCOC(=O)C1CN(C(=O)OCc2ccccc2)C(CO[Si](C)(C)C(C)(C)C)CC1c1ccc(OCCOc2ccccc2Cl)cc1. The Morgan fingerprint density at radius 3 is 2.21 bits per heavy atom. The van der Waals surface area contributed by atoms with Gasteiger partial charge in [-0.3, -0.25) is 4.79 Å². The Labute approximate surface area is 285 Å². The van der Waals surface area contributed by atoms with Crippen molar-refractivity contribution in [3.05, 3.63) is 95.0 Å². The van der Waals surface area contributed by atoms with Crippen LogP contribution < -0.4 is 9.47 Å². The monoisotopic (exact) mass is 681 g/mol. The summed E-state index contributed by atoms with van der Waals surface area (Å²) in [5.41, 5.74) is 1.86. The molecular weight excluding hydrogens is 634 g/mol. The number of halogens is 1. The number of esters is 1. The molecule has 3 unspecified atom stereocenters. The van der Waals surface area contributed by atoms with E-state index in [1.807, 2.05) is 72.8 Å². The zero-order valence-corrected chi connectivity index (χ0v) is 30.1. The zero-order valence-electron chi connectivity index (χ0n) is 28.4. The molecule has 254 valence electrons. The minimum Gasteiger partial charge on any atom is -0.490 e. The number of carbonyl (C=O) groups excluding carboxylic acids is 2. The van der Waals surface area contributed by atoms with Crippen LogP contribution in [0.3, 0.4) is 0 Å². The highest BCUT2D eigenvalue weighted by molar-refractivity contribution is 6.74. The fraction of sp³-hybridized carbons (Fsp3) is 0.459. The molecule has 1 fully saturated rings. The lowest BCUT2D eigenvalue weighted by atomic mass is 9.77. The number of hydrogen-bond acceptors (Lipinski definition) is 7. The van der Waals surface area contributed by atoms with Crippen LogP contribution in [0.2, 0.25) is 23.2 Å². The number of hydrogen-bond donors (Lipinski definition) is 0. The van der Waals surface area contributed by atoms with Gasteiger partial charge in [0.25, 0.3) is 0 Å². The van der Waals surface area contributed by atoms with E-state index in [0.29, 0.717) is 42.8 Å². The first kappa shape index (κ1) is 36.3. The highest BCUT2D eigenvalue weighted by Gasteiger charge is 2.45. The fourth-order valence-electron chi connectivity index (χ4n) is 5.32. The molecule has 1 aliphatic rings. The molecule has 0 aromatic heterocycles. The second-order valence-corrected chi connectivity index (χ2v) is 18.5. The lowest BCUT2D eigenvalue weighted by Crippen LogP contribution is -2.55. The van der Waals surface area contributed by atoms with Crippen molar-refractivity contribution in [2.75, 3.05) is 33.0 Å². The molecule has 0 spiro atoms. The molecule has 0 radical (unpaired) electrons. The Morgan fingerprint density at radius 2 is 1.55 bits per heavy atom. The van der Waals surface area contributed by atoms with Gasteiger partial charge in [0.1, 0.15) is 31.3 Å². The van der Waals surface area contributed by atoms with Gasteiger partial charge < -0.3 is 28.3 Å². The highest BCUT2D eigenvalue weighted by Crippen LogP contribution is 2.40. The average Bonchev–Trinajstić information content (AvgIpc) is 3.05. The van der Waals surface area contributed by atoms with E-state index >= 15 is 0 Å². The summed E-state index contributed by atoms with van der Waals surface area (Å²) in [4.78, 5) is 28.7. The van der Waals surface area contributed by atoms with Crippen LogP contribution in [0.15, 0.2) is 78.9 Å². The second-order valence-electron chi connectivity index (χ2n) is 13.3. The van der Waals surface area contributed by atoms with Crippen LogP contribution in [0.4, 0.5) is 4.79 Å². The van der Waals surface area contributed by atoms with Gasteiger partial charge in [0.05, 0.1) is 30.2 Å². The molecule has 0 bridgehead atoms. The van der Waals surface area contributed by atoms with Crippen molar-refractivity contribution < 1.29 is 33.0 Å². The minimum atomic E-state index is -2.13. The molecule has 4 rings (SSSR count). The summed E-state index contributed by atoms with van der Waals surface area (Å²) < 4.78 is 29.6. The van der Waals surface area contributed by atoms with Gasteiger partial charge in [-0.05, 0) is 66.9 Å². The first-order valence-electron chi connectivity index (χ1n) is 16.3. The number of para-hydroxylation sites is 1. The lowest BCUT2D eigenvalue weighted by molar-refractivity contribution is -0.151. The number of piperidine rings is 1. The number of likely N-dealkylation sites (tertiary alicyclic amines) is 1. The summed E-state index contributed by atoms with van der Waals surface area (Å²) in [6.45, 7) is 14.4. The van der Waals surface area contributed by atoms with E-state index < -0.39 is 20.3 Å². The Hall–Kier alpha value is -3.53. The van der Waals surface area contributed by atoms with Crippen LogP contribution in [0.1, 0.15) is 51.2 Å². The molecule has 3 atom stereocenters. The molecule has 8 nitrogen and oxygen atoms in total. The number of amides is 1. The molecule has 1 aliphatic heterocycles. The first-order valence-corrected chi connectivity index (χ1v) is 19.6. The molecular formula is C37H48ClNO7Si. The maximum absolute atomic E-state index is 13.6. The van der Waals surface area contributed by atoms with Gasteiger partial charge in [-0.2, -0.15) is 0 Å². The van der Waals surface area contributed by atoms with E-state index in [9.17, 15) is 9.59 Å². The minimum absolute atomic E-state index is 0.00140. The van der Waals surface area contributed by atoms with E-state index in [1.165, 1.54) is 0 Å². The Kier molecular flexibility index (Phi) is 12.8. The van der Waals surface area contributed by atoms with E-state index in [-0.39, 0.29) is 42.7 Å². The van der Waals surface area contributed by atoms with E-state index in [2.05, 4.69) is 33.9 Å². The predicted octanol–water partition coefficient (Wildman–Crippen LogP) is 8.49. The number of benzene rings is 3. The summed E-state index contributed by atoms with van der Waals surface area (Å²) in [5, 5.41) is 0.554. The van der Waals surface area contributed by atoms with Crippen LogP contribution in [0.25, 0.3) is 0 Å². The molecule has 0 N–H and O–H groups in total. The molecule has 0 saturated carbocycles. The third-order valence-corrected chi connectivity index (χ3v) is 13.9. The Balaban J connectivity index is 1.51. The number of carbonyl (C=O) groups is 2. The predicted molar refractivity (Wildman–Crippen MR) is 187 cm³/mol. The van der Waals surface area contributed by atoms with Crippen molar-refractivity contribution >= 4 is 32.0 Å². The number of rotatable bonds is 13. The van der Waals surface area contributed by atoms with E-state index in [0.717, 1.165) is 11.1 Å². The molecule has 0 aliphatic carbocycles. The third-order valence-electron chi connectivity index (χ3n) is 9.07. The van der Waals surface area contributed by atoms with Crippen LogP contribution in [-0.4, -0.2) is 64.3 Å². The molecule has 10 heteroatoms. The maximum Gasteiger partial charge on any atom is 0.410 e. The second kappa shape index (κ2) is 16.5. The third kappa shape index (κ3) is 9.98. The summed E-state index contributed by atoms with van der Waals surface area (Å²) >= 11 is 6.17. The Bertz CT molecular complexity index is 1450. The standard InChI is InChI=1S/C37H48ClNO7Si/c1-7-42-35(40)32-24-39(36(41)45-25-27-13-9-8-10-14-27)29(26-46-47(5,6)37(2,3)4)23-31(32)28-17-19-30(20-18-28)43-21-22-44-34-16-12-11-15-33(34)38/h8-20,29,31-32H,7,21-26H2,1-6H3. The average molecular weight is 682 g/mol. The summed E-state index contributed by atoms with van der Waals surface area (Å²) in [6, 6.07) is 24.4. The van der Waals surface area contributed by atoms with Gasteiger partial charge in [0.2, 0.25) is 0 Å². The normalized spacial score (nSPS) is 18.4. The van der Waals surface area contributed by atoms with Gasteiger partial charge >= 0.3 is 12.1 Å². The van der Waals surface area contributed by atoms with Crippen molar-refractivity contribution in [3.63, 3.8) is 0 Å². The summed E-state index contributed by atoms with van der Waals surface area (Å²) in [6.07, 6.45) is 0.0536. The topological polar surface area (TPSA) is 83.5 Å². The quantitative estimate of drug-likeness (QED) is 0.102.